The fourth-order valence-corrected chi connectivity index (χ4v) is 4.23. The first-order valence-corrected chi connectivity index (χ1v) is 8.74. The number of fused-ring (bicyclic) bond motifs is 1. The van der Waals surface area contributed by atoms with E-state index in [1.165, 1.54) is 24.6 Å². The number of carbonyl (C=O) groups is 1. The van der Waals surface area contributed by atoms with Gasteiger partial charge in [0, 0.05) is 17.3 Å². The summed E-state index contributed by atoms with van der Waals surface area (Å²) in [7, 11) is 0. The van der Waals surface area contributed by atoms with Crippen LogP contribution in [0.2, 0.25) is 0 Å². The molecule has 2 heterocycles. The number of nitrogens with one attached hydrogen (secondary N) is 2. The average Bonchev–Trinajstić information content (AvgIpc) is 2.92. The van der Waals surface area contributed by atoms with E-state index in [2.05, 4.69) is 22.8 Å². The van der Waals surface area contributed by atoms with E-state index in [-0.39, 0.29) is 12.5 Å². The number of hydrogen-bond donors (Lipinski definition) is 3. The summed E-state index contributed by atoms with van der Waals surface area (Å²) in [6.45, 7) is 1.34. The largest absolute Gasteiger partial charge is 0.395 e. The highest BCUT2D eigenvalue weighted by atomic mass is 32.1. The van der Waals surface area contributed by atoms with E-state index < -0.39 is 0 Å². The lowest BCUT2D eigenvalue weighted by Gasteiger charge is -2.23. The molecule has 0 spiro atoms. The fourth-order valence-electron chi connectivity index (χ4n) is 3.08. The van der Waals surface area contributed by atoms with Gasteiger partial charge in [-0.2, -0.15) is 0 Å². The lowest BCUT2D eigenvalue weighted by Crippen LogP contribution is -2.36. The van der Waals surface area contributed by atoms with E-state index in [1.807, 2.05) is 12.1 Å². The van der Waals surface area contributed by atoms with Gasteiger partial charge in [0.05, 0.1) is 11.5 Å². The van der Waals surface area contributed by atoms with E-state index in [0.717, 1.165) is 28.1 Å². The first-order valence-electron chi connectivity index (χ1n) is 7.92. The van der Waals surface area contributed by atoms with Crippen LogP contribution in [0.5, 0.6) is 0 Å². The maximum atomic E-state index is 12.4. The predicted molar refractivity (Wildman–Crippen MR) is 90.6 cm³/mol. The molecule has 1 atom stereocenters. The van der Waals surface area contributed by atoms with E-state index in [4.69, 9.17) is 5.11 Å². The van der Waals surface area contributed by atoms with Crippen LogP contribution in [-0.2, 0) is 6.42 Å². The Bertz CT molecular complexity index is 647. The van der Waals surface area contributed by atoms with Gasteiger partial charge in [0.1, 0.15) is 0 Å². The molecule has 1 aromatic heterocycles. The quantitative estimate of drug-likeness (QED) is 0.793. The summed E-state index contributed by atoms with van der Waals surface area (Å²) >= 11 is 1.55. The summed E-state index contributed by atoms with van der Waals surface area (Å²) in [6, 6.07) is 8.67. The molecule has 3 N–H and O–H groups in total. The molecule has 0 aliphatic carbocycles. The van der Waals surface area contributed by atoms with E-state index in [9.17, 15) is 4.79 Å². The molecule has 0 unspecified atom stereocenters. The minimum absolute atomic E-state index is 0.0316. The van der Waals surface area contributed by atoms with Crippen molar-refractivity contribution in [2.75, 3.05) is 19.7 Å². The van der Waals surface area contributed by atoms with Crippen molar-refractivity contribution in [2.45, 2.75) is 31.7 Å². The molecule has 0 saturated carbocycles. The second-order valence-electron chi connectivity index (χ2n) is 5.74. The zero-order valence-corrected chi connectivity index (χ0v) is 13.4. The van der Waals surface area contributed by atoms with Gasteiger partial charge in [0.2, 0.25) is 0 Å². The number of aliphatic hydroxyl groups excluding tert-OH is 1. The van der Waals surface area contributed by atoms with Gasteiger partial charge in [-0.15, -0.1) is 11.3 Å². The molecule has 22 heavy (non-hydrogen) atoms. The third-order valence-corrected chi connectivity index (χ3v) is 5.38. The number of rotatable bonds is 5. The fraction of sp³-hybridized carbons (Fsp3) is 0.471. The van der Waals surface area contributed by atoms with Crippen molar-refractivity contribution in [2.24, 2.45) is 0 Å². The van der Waals surface area contributed by atoms with Crippen LogP contribution in [0.4, 0.5) is 0 Å². The van der Waals surface area contributed by atoms with Crippen LogP contribution < -0.4 is 10.6 Å². The summed E-state index contributed by atoms with van der Waals surface area (Å²) in [5.74, 6) is -0.0685. The van der Waals surface area contributed by atoms with Crippen molar-refractivity contribution < 1.29 is 9.90 Å². The molecule has 3 rings (SSSR count). The molecule has 0 radical (unpaired) electrons. The summed E-state index contributed by atoms with van der Waals surface area (Å²) in [4.78, 5) is 13.2. The molecule has 1 fully saturated rings. The highest BCUT2D eigenvalue weighted by Gasteiger charge is 2.22. The third-order valence-electron chi connectivity index (χ3n) is 4.16. The zero-order chi connectivity index (χ0) is 15.4. The summed E-state index contributed by atoms with van der Waals surface area (Å²) < 4.78 is 1.16. The van der Waals surface area contributed by atoms with Crippen molar-refractivity contribution in [1.82, 2.24) is 10.6 Å². The molecule has 2 aromatic rings. The lowest BCUT2D eigenvalue weighted by molar-refractivity contribution is 0.0948. The third kappa shape index (κ3) is 3.32. The normalized spacial score (nSPS) is 18.5. The number of carbonyl (C=O) groups excluding carboxylic acids is 1. The Balaban J connectivity index is 1.91. The van der Waals surface area contributed by atoms with Gasteiger partial charge >= 0.3 is 0 Å². The molecular formula is C17H22N2O2S. The van der Waals surface area contributed by atoms with Crippen molar-refractivity contribution in [3.8, 4) is 0 Å². The minimum Gasteiger partial charge on any atom is -0.395 e. The average molecular weight is 318 g/mol. The van der Waals surface area contributed by atoms with Crippen LogP contribution in [0.15, 0.2) is 24.3 Å². The summed E-state index contributed by atoms with van der Waals surface area (Å²) in [5, 5.41) is 16.5. The predicted octanol–water partition coefficient (Wildman–Crippen LogP) is 2.31. The first-order chi connectivity index (χ1) is 10.8. The van der Waals surface area contributed by atoms with Gasteiger partial charge in [-0.25, -0.2) is 0 Å². The lowest BCUT2D eigenvalue weighted by atomic mass is 9.96. The van der Waals surface area contributed by atoms with Gasteiger partial charge in [0.25, 0.3) is 5.91 Å². The van der Waals surface area contributed by atoms with Crippen LogP contribution in [0.1, 0.15) is 34.5 Å². The Kier molecular flexibility index (Phi) is 5.08. The maximum Gasteiger partial charge on any atom is 0.261 e. The zero-order valence-electron chi connectivity index (χ0n) is 12.6. The molecule has 1 amide bonds. The smallest absolute Gasteiger partial charge is 0.261 e. The molecule has 1 aliphatic rings. The van der Waals surface area contributed by atoms with Crippen LogP contribution >= 0.6 is 11.3 Å². The Morgan fingerprint density at radius 2 is 2.23 bits per heavy atom. The Hall–Kier alpha value is -1.43. The van der Waals surface area contributed by atoms with Crippen molar-refractivity contribution >= 4 is 27.3 Å². The van der Waals surface area contributed by atoms with Crippen LogP contribution in [-0.4, -0.2) is 36.8 Å². The molecule has 1 saturated heterocycles. The highest BCUT2D eigenvalue weighted by molar-refractivity contribution is 7.21. The minimum atomic E-state index is -0.0685. The number of amides is 1. The topological polar surface area (TPSA) is 61.4 Å². The van der Waals surface area contributed by atoms with Crippen molar-refractivity contribution in [1.29, 1.82) is 0 Å². The van der Waals surface area contributed by atoms with Crippen LogP contribution in [0.3, 0.4) is 0 Å². The number of hydrogen-bond acceptors (Lipinski definition) is 4. The number of aliphatic hydroxyl groups is 1. The van der Waals surface area contributed by atoms with E-state index in [1.54, 1.807) is 11.3 Å². The van der Waals surface area contributed by atoms with E-state index in [0.29, 0.717) is 12.6 Å². The van der Waals surface area contributed by atoms with Crippen molar-refractivity contribution in [3.05, 3.63) is 34.7 Å². The Morgan fingerprint density at radius 1 is 1.36 bits per heavy atom. The second-order valence-corrected chi connectivity index (χ2v) is 6.79. The molecule has 5 heteroatoms. The number of piperidine rings is 1. The number of thiophene rings is 1. The Labute approximate surface area is 134 Å². The van der Waals surface area contributed by atoms with Crippen LogP contribution in [0.25, 0.3) is 10.1 Å². The SMILES string of the molecule is O=C(NCCO)c1sc2ccccc2c1C[C@@H]1CCCCN1. The Morgan fingerprint density at radius 3 is 3.00 bits per heavy atom. The first kappa shape index (κ1) is 15.5. The maximum absolute atomic E-state index is 12.4. The van der Waals surface area contributed by atoms with E-state index >= 15 is 0 Å². The van der Waals surface area contributed by atoms with Gasteiger partial charge in [-0.1, -0.05) is 24.6 Å². The van der Waals surface area contributed by atoms with Crippen molar-refractivity contribution in [3.63, 3.8) is 0 Å². The summed E-state index contributed by atoms with van der Waals surface area (Å²) in [6.07, 6.45) is 4.56. The summed E-state index contributed by atoms with van der Waals surface area (Å²) in [5.41, 5.74) is 1.15. The molecule has 4 nitrogen and oxygen atoms in total. The monoisotopic (exact) mass is 318 g/mol. The molecule has 1 aliphatic heterocycles. The highest BCUT2D eigenvalue weighted by Crippen LogP contribution is 2.33. The van der Waals surface area contributed by atoms with Crippen LogP contribution in [0, 0.1) is 0 Å². The number of benzene rings is 1. The molecule has 118 valence electrons. The molecular weight excluding hydrogens is 296 g/mol. The molecule has 0 bridgehead atoms. The van der Waals surface area contributed by atoms with Gasteiger partial charge in [-0.05, 0) is 42.8 Å². The van der Waals surface area contributed by atoms with Gasteiger partial charge in [-0.3, -0.25) is 4.79 Å². The van der Waals surface area contributed by atoms with Gasteiger partial charge in [0.15, 0.2) is 0 Å². The molecule has 1 aromatic carbocycles. The van der Waals surface area contributed by atoms with Gasteiger partial charge < -0.3 is 15.7 Å². The standard InChI is InChI=1S/C17H22N2O2S/c20-10-9-19-17(21)16-14(11-12-5-3-4-8-18-12)13-6-1-2-7-15(13)22-16/h1-2,6-7,12,18,20H,3-5,8-11H2,(H,19,21)/t12-/m0/s1. The second kappa shape index (κ2) is 7.22.